The SMILES string of the molecule is CCCN(CC(=O)Nc1ccc(F)c(F)c1F)CC(=O)Nc1sc2c(c1C#N)CCCCC2. The molecule has 3 rings (SSSR count). The Bertz CT molecular complexity index is 1080. The number of hydrogen-bond acceptors (Lipinski definition) is 5. The molecule has 10 heteroatoms. The molecule has 0 saturated carbocycles. The number of anilines is 2. The second-order valence-corrected chi connectivity index (χ2v) is 9.02. The fourth-order valence-electron chi connectivity index (χ4n) is 3.86. The minimum atomic E-state index is -1.67. The Labute approximate surface area is 194 Å². The smallest absolute Gasteiger partial charge is 0.239 e. The number of benzene rings is 1. The third-order valence-corrected chi connectivity index (χ3v) is 6.58. The maximum atomic E-state index is 13.8. The van der Waals surface area contributed by atoms with E-state index in [2.05, 4.69) is 16.7 Å². The molecule has 0 unspecified atom stereocenters. The second kappa shape index (κ2) is 11.3. The van der Waals surface area contributed by atoms with Crippen LogP contribution < -0.4 is 10.6 Å². The first-order chi connectivity index (χ1) is 15.8. The molecule has 0 bridgehead atoms. The van der Waals surface area contributed by atoms with Crippen LogP contribution in [0.2, 0.25) is 0 Å². The van der Waals surface area contributed by atoms with E-state index in [1.807, 2.05) is 6.92 Å². The normalized spacial score (nSPS) is 13.2. The average molecular weight is 479 g/mol. The summed E-state index contributed by atoms with van der Waals surface area (Å²) in [5.41, 5.74) is 1.06. The lowest BCUT2D eigenvalue weighted by molar-refractivity contribution is -0.120. The van der Waals surface area contributed by atoms with Crippen molar-refractivity contribution in [3.05, 3.63) is 45.6 Å². The van der Waals surface area contributed by atoms with Gasteiger partial charge < -0.3 is 10.6 Å². The van der Waals surface area contributed by atoms with Gasteiger partial charge in [-0.1, -0.05) is 13.3 Å². The van der Waals surface area contributed by atoms with Gasteiger partial charge in [0, 0.05) is 4.88 Å². The number of carbonyl (C=O) groups excluding carboxylic acids is 2. The minimum Gasteiger partial charge on any atom is -0.322 e. The number of fused-ring (bicyclic) bond motifs is 1. The van der Waals surface area contributed by atoms with Crippen molar-refractivity contribution in [3.8, 4) is 6.07 Å². The van der Waals surface area contributed by atoms with Crippen LogP contribution in [0.4, 0.5) is 23.9 Å². The first-order valence-corrected chi connectivity index (χ1v) is 11.7. The van der Waals surface area contributed by atoms with Crippen molar-refractivity contribution in [1.82, 2.24) is 4.90 Å². The Hall–Kier alpha value is -2.90. The number of nitrogens with one attached hydrogen (secondary N) is 2. The number of rotatable bonds is 8. The van der Waals surface area contributed by atoms with E-state index in [4.69, 9.17) is 0 Å². The highest BCUT2D eigenvalue weighted by atomic mass is 32.1. The van der Waals surface area contributed by atoms with Crippen molar-refractivity contribution in [3.63, 3.8) is 0 Å². The number of nitriles is 1. The van der Waals surface area contributed by atoms with Crippen LogP contribution in [0.25, 0.3) is 0 Å². The first kappa shape index (κ1) is 24.7. The predicted molar refractivity (Wildman–Crippen MR) is 121 cm³/mol. The molecule has 0 radical (unpaired) electrons. The van der Waals surface area contributed by atoms with Gasteiger partial charge in [-0.25, -0.2) is 13.2 Å². The summed E-state index contributed by atoms with van der Waals surface area (Å²) < 4.78 is 40.3. The van der Waals surface area contributed by atoms with E-state index >= 15 is 0 Å². The Balaban J connectivity index is 1.64. The van der Waals surface area contributed by atoms with E-state index in [0.717, 1.165) is 54.7 Å². The number of halogens is 3. The van der Waals surface area contributed by atoms with E-state index in [-0.39, 0.29) is 19.0 Å². The standard InChI is InChI=1S/C23H25F3N4O2S/c1-2-10-30(12-19(31)28-17-9-8-16(24)21(25)22(17)26)13-20(32)29-23-15(11-27)14-6-4-3-5-7-18(14)33-23/h8-9H,2-7,10,12-13H2,1H3,(H,28,31)(H,29,32). The number of aryl methyl sites for hydroxylation is 1. The first-order valence-electron chi connectivity index (χ1n) is 10.8. The highest BCUT2D eigenvalue weighted by Crippen LogP contribution is 2.36. The number of thiophene rings is 1. The Morgan fingerprint density at radius 2 is 1.76 bits per heavy atom. The predicted octanol–water partition coefficient (Wildman–Crippen LogP) is 4.60. The molecule has 2 amide bonds. The topological polar surface area (TPSA) is 85.2 Å². The summed E-state index contributed by atoms with van der Waals surface area (Å²) >= 11 is 1.43. The van der Waals surface area contributed by atoms with Crippen LogP contribution in [0, 0.1) is 28.8 Å². The second-order valence-electron chi connectivity index (χ2n) is 7.91. The molecule has 1 aliphatic carbocycles. The van der Waals surface area contributed by atoms with Crippen molar-refractivity contribution < 1.29 is 22.8 Å². The third kappa shape index (κ3) is 6.12. The van der Waals surface area contributed by atoms with Gasteiger partial charge in [-0.05, 0) is 56.3 Å². The van der Waals surface area contributed by atoms with Crippen molar-refractivity contribution in [2.75, 3.05) is 30.3 Å². The van der Waals surface area contributed by atoms with E-state index < -0.39 is 29.0 Å². The summed E-state index contributed by atoms with van der Waals surface area (Å²) in [7, 11) is 0. The summed E-state index contributed by atoms with van der Waals surface area (Å²) in [6, 6.07) is 3.87. The number of hydrogen-bond donors (Lipinski definition) is 2. The molecule has 1 aromatic carbocycles. The molecule has 2 N–H and O–H groups in total. The van der Waals surface area contributed by atoms with Gasteiger partial charge in [0.1, 0.15) is 11.1 Å². The van der Waals surface area contributed by atoms with Gasteiger partial charge in [-0.15, -0.1) is 11.3 Å². The molecular formula is C23H25F3N4O2S. The van der Waals surface area contributed by atoms with Crippen LogP contribution in [0.15, 0.2) is 12.1 Å². The molecule has 0 fully saturated rings. The van der Waals surface area contributed by atoms with Gasteiger partial charge in [0.2, 0.25) is 11.8 Å². The molecule has 6 nitrogen and oxygen atoms in total. The quantitative estimate of drug-likeness (QED) is 0.429. The highest BCUT2D eigenvalue weighted by Gasteiger charge is 2.22. The van der Waals surface area contributed by atoms with Crippen LogP contribution in [0.3, 0.4) is 0 Å². The average Bonchev–Trinajstić information content (AvgIpc) is 2.92. The van der Waals surface area contributed by atoms with Gasteiger partial charge in [-0.3, -0.25) is 14.5 Å². The van der Waals surface area contributed by atoms with Crippen molar-refractivity contribution >= 4 is 33.8 Å². The Kier molecular flexibility index (Phi) is 8.47. The molecule has 33 heavy (non-hydrogen) atoms. The number of amides is 2. The Morgan fingerprint density at radius 1 is 1.06 bits per heavy atom. The maximum Gasteiger partial charge on any atom is 0.239 e. The lowest BCUT2D eigenvalue weighted by Crippen LogP contribution is -2.39. The number of carbonyl (C=O) groups is 2. The van der Waals surface area contributed by atoms with Crippen LogP contribution >= 0.6 is 11.3 Å². The number of nitrogens with zero attached hydrogens (tertiary/aromatic N) is 2. The molecule has 0 saturated heterocycles. The van der Waals surface area contributed by atoms with Crippen molar-refractivity contribution in [2.24, 2.45) is 0 Å². The molecule has 176 valence electrons. The summed E-state index contributed by atoms with van der Waals surface area (Å²) in [5, 5.41) is 15.2. The zero-order valence-electron chi connectivity index (χ0n) is 18.3. The van der Waals surface area contributed by atoms with Gasteiger partial charge in [0.25, 0.3) is 0 Å². The maximum absolute atomic E-state index is 13.8. The summed E-state index contributed by atoms with van der Waals surface area (Å²) in [4.78, 5) is 27.7. The van der Waals surface area contributed by atoms with Gasteiger partial charge >= 0.3 is 0 Å². The fraction of sp³-hybridized carbons (Fsp3) is 0.435. The van der Waals surface area contributed by atoms with Crippen molar-refractivity contribution in [1.29, 1.82) is 5.26 Å². The van der Waals surface area contributed by atoms with Crippen molar-refractivity contribution in [2.45, 2.75) is 45.4 Å². The van der Waals surface area contributed by atoms with Crippen LogP contribution in [-0.4, -0.2) is 36.3 Å². The summed E-state index contributed by atoms with van der Waals surface area (Å²) in [6.07, 6.45) is 5.57. The molecule has 1 aliphatic rings. The largest absolute Gasteiger partial charge is 0.322 e. The molecule has 0 spiro atoms. The minimum absolute atomic E-state index is 0.116. The highest BCUT2D eigenvalue weighted by molar-refractivity contribution is 7.16. The summed E-state index contributed by atoms with van der Waals surface area (Å²) in [6.45, 7) is 1.93. The molecule has 2 aromatic rings. The fourth-order valence-corrected chi connectivity index (χ4v) is 5.12. The summed E-state index contributed by atoms with van der Waals surface area (Å²) in [5.74, 6) is -5.54. The molecule has 0 aliphatic heterocycles. The molecule has 1 heterocycles. The van der Waals surface area contributed by atoms with E-state index in [0.29, 0.717) is 23.5 Å². The van der Waals surface area contributed by atoms with Crippen LogP contribution in [0.1, 0.15) is 48.6 Å². The monoisotopic (exact) mass is 478 g/mol. The lowest BCUT2D eigenvalue weighted by atomic mass is 10.1. The zero-order chi connectivity index (χ0) is 24.0. The zero-order valence-corrected chi connectivity index (χ0v) is 19.1. The van der Waals surface area contributed by atoms with Gasteiger partial charge in [-0.2, -0.15) is 5.26 Å². The van der Waals surface area contributed by atoms with E-state index in [1.54, 1.807) is 4.90 Å². The van der Waals surface area contributed by atoms with E-state index in [1.165, 1.54) is 11.3 Å². The van der Waals surface area contributed by atoms with Crippen LogP contribution in [-0.2, 0) is 22.4 Å². The molecule has 1 aromatic heterocycles. The van der Waals surface area contributed by atoms with E-state index in [9.17, 15) is 28.0 Å². The molecule has 0 atom stereocenters. The molecular weight excluding hydrogens is 453 g/mol. The Morgan fingerprint density at radius 3 is 2.45 bits per heavy atom. The van der Waals surface area contributed by atoms with Gasteiger partial charge in [0.05, 0.1) is 24.3 Å². The lowest BCUT2D eigenvalue weighted by Gasteiger charge is -2.20. The van der Waals surface area contributed by atoms with Gasteiger partial charge in [0.15, 0.2) is 17.5 Å². The van der Waals surface area contributed by atoms with Crippen LogP contribution in [0.5, 0.6) is 0 Å². The third-order valence-electron chi connectivity index (χ3n) is 5.37.